The summed E-state index contributed by atoms with van der Waals surface area (Å²) in [5.74, 6) is 0.126. The highest BCUT2D eigenvalue weighted by Gasteiger charge is 2.34. The molecule has 0 radical (unpaired) electrons. The van der Waals surface area contributed by atoms with E-state index in [9.17, 15) is 9.59 Å². The summed E-state index contributed by atoms with van der Waals surface area (Å²) in [6.45, 7) is 1.41. The van der Waals surface area contributed by atoms with Crippen molar-refractivity contribution in [3.63, 3.8) is 0 Å². The van der Waals surface area contributed by atoms with Crippen molar-refractivity contribution >= 4 is 39.3 Å². The van der Waals surface area contributed by atoms with E-state index in [1.54, 1.807) is 6.07 Å². The average molecular weight is 445 g/mol. The zero-order chi connectivity index (χ0) is 17.4. The molecule has 2 aromatic carbocycles. The fourth-order valence-corrected chi connectivity index (χ4v) is 4.02. The van der Waals surface area contributed by atoms with Gasteiger partial charge < -0.3 is 10.3 Å². The quantitative estimate of drug-likeness (QED) is 0.481. The molecule has 0 amide bonds. The Labute approximate surface area is 158 Å². The van der Waals surface area contributed by atoms with Crippen molar-refractivity contribution in [2.24, 2.45) is 5.92 Å². The van der Waals surface area contributed by atoms with Crippen LogP contribution in [0.1, 0.15) is 21.8 Å². The molecule has 3 aromatic rings. The highest BCUT2D eigenvalue weighted by atomic mass is 127. The van der Waals surface area contributed by atoms with Gasteiger partial charge in [-0.1, -0.05) is 18.2 Å². The van der Waals surface area contributed by atoms with Crippen LogP contribution < -0.4 is 10.9 Å². The van der Waals surface area contributed by atoms with Crippen molar-refractivity contribution in [1.29, 1.82) is 0 Å². The first kappa shape index (κ1) is 16.4. The van der Waals surface area contributed by atoms with E-state index in [-0.39, 0.29) is 23.2 Å². The summed E-state index contributed by atoms with van der Waals surface area (Å²) in [7, 11) is 0. The second-order valence-corrected chi connectivity index (χ2v) is 7.50. The summed E-state index contributed by atoms with van der Waals surface area (Å²) in [6, 6.07) is 13.4. The maximum absolute atomic E-state index is 13.0. The molecule has 0 saturated carbocycles. The zero-order valence-corrected chi connectivity index (χ0v) is 15.5. The summed E-state index contributed by atoms with van der Waals surface area (Å²) in [6.07, 6.45) is 1.41. The fraction of sp³-hybridized carbons (Fsp3) is 0.211. The van der Waals surface area contributed by atoms with Crippen LogP contribution in [0.4, 0.5) is 0 Å². The summed E-state index contributed by atoms with van der Waals surface area (Å²) >= 11 is 2.22. The lowest BCUT2D eigenvalue weighted by atomic mass is 9.83. The lowest BCUT2D eigenvalue weighted by Crippen LogP contribution is -2.22. The normalized spacial score (nSPS) is 20.0. The van der Waals surface area contributed by atoms with Gasteiger partial charge in [0.25, 0.3) is 5.56 Å². The molecule has 2 heterocycles. The number of rotatable bonds is 3. The standard InChI is InChI=1S/C19H16IN3O2/c20-13-3-1-2-12(6-13)18(24)16-9-21-8-15(16)11-4-5-14-17(7-11)22-10-23-19(14)25/h1-7,10,15-16,21H,8-9H2,(H,22,23,25)/t15-,16+/m1/s1. The molecule has 126 valence electrons. The van der Waals surface area contributed by atoms with Gasteiger partial charge in [0.15, 0.2) is 5.78 Å². The predicted molar refractivity (Wildman–Crippen MR) is 105 cm³/mol. The van der Waals surface area contributed by atoms with Crippen LogP contribution in [-0.4, -0.2) is 28.8 Å². The van der Waals surface area contributed by atoms with Gasteiger partial charge in [-0.25, -0.2) is 4.98 Å². The number of carbonyl (C=O) groups is 1. The van der Waals surface area contributed by atoms with E-state index in [0.717, 1.165) is 21.2 Å². The highest BCUT2D eigenvalue weighted by Crippen LogP contribution is 2.32. The molecule has 4 rings (SSSR count). The number of fused-ring (bicyclic) bond motifs is 1. The summed E-state index contributed by atoms with van der Waals surface area (Å²) in [4.78, 5) is 31.7. The number of Topliss-reactive ketones (excluding diaryl/α,β-unsaturated/α-hetero) is 1. The zero-order valence-electron chi connectivity index (χ0n) is 13.3. The van der Waals surface area contributed by atoms with Crippen molar-refractivity contribution in [2.45, 2.75) is 5.92 Å². The van der Waals surface area contributed by atoms with Crippen LogP contribution in [0.15, 0.2) is 53.6 Å². The van der Waals surface area contributed by atoms with Gasteiger partial charge in [-0.2, -0.15) is 0 Å². The molecule has 1 fully saturated rings. The molecule has 25 heavy (non-hydrogen) atoms. The number of hydrogen-bond acceptors (Lipinski definition) is 4. The van der Waals surface area contributed by atoms with E-state index >= 15 is 0 Å². The Morgan fingerprint density at radius 2 is 2.04 bits per heavy atom. The minimum atomic E-state index is -0.146. The molecule has 1 aliphatic rings. The van der Waals surface area contributed by atoms with Crippen LogP contribution in [0, 0.1) is 9.49 Å². The minimum absolute atomic E-state index is 0.0795. The van der Waals surface area contributed by atoms with Crippen molar-refractivity contribution in [2.75, 3.05) is 13.1 Å². The number of benzene rings is 2. The SMILES string of the molecule is O=C(c1cccc(I)c1)[C@H]1CNC[C@@H]1c1ccc2c(=O)[nH]cnc2c1. The Balaban J connectivity index is 1.70. The molecule has 1 saturated heterocycles. The van der Waals surface area contributed by atoms with Crippen molar-refractivity contribution in [3.8, 4) is 0 Å². The first-order valence-electron chi connectivity index (χ1n) is 8.11. The van der Waals surface area contributed by atoms with Gasteiger partial charge in [0, 0.05) is 34.1 Å². The maximum atomic E-state index is 13.0. The molecule has 2 N–H and O–H groups in total. The molecule has 0 spiro atoms. The topological polar surface area (TPSA) is 74.8 Å². The van der Waals surface area contributed by atoms with Crippen LogP contribution in [0.5, 0.6) is 0 Å². The number of hydrogen-bond donors (Lipinski definition) is 2. The molecule has 6 heteroatoms. The van der Waals surface area contributed by atoms with Crippen LogP contribution in [-0.2, 0) is 0 Å². The Kier molecular flexibility index (Phi) is 4.39. The summed E-state index contributed by atoms with van der Waals surface area (Å²) in [5.41, 5.74) is 2.31. The Bertz CT molecular complexity index is 1010. The molecule has 2 atom stereocenters. The van der Waals surface area contributed by atoms with E-state index < -0.39 is 0 Å². The van der Waals surface area contributed by atoms with E-state index in [2.05, 4.69) is 37.9 Å². The van der Waals surface area contributed by atoms with Crippen molar-refractivity contribution < 1.29 is 4.79 Å². The second kappa shape index (κ2) is 6.68. The first-order valence-corrected chi connectivity index (χ1v) is 9.19. The van der Waals surface area contributed by atoms with Crippen LogP contribution in [0.25, 0.3) is 10.9 Å². The number of halogens is 1. The van der Waals surface area contributed by atoms with Crippen LogP contribution in [0.3, 0.4) is 0 Å². The molecule has 0 bridgehead atoms. The van der Waals surface area contributed by atoms with Gasteiger partial charge in [-0.15, -0.1) is 0 Å². The second-order valence-electron chi connectivity index (χ2n) is 6.25. The van der Waals surface area contributed by atoms with Gasteiger partial charge in [0.2, 0.25) is 0 Å². The van der Waals surface area contributed by atoms with E-state index in [0.29, 0.717) is 17.4 Å². The number of H-pyrrole nitrogens is 1. The van der Waals surface area contributed by atoms with Gasteiger partial charge in [0.1, 0.15) is 0 Å². The summed E-state index contributed by atoms with van der Waals surface area (Å²) < 4.78 is 1.06. The Morgan fingerprint density at radius 3 is 2.88 bits per heavy atom. The predicted octanol–water partition coefficient (Wildman–Crippen LogP) is 2.71. The lowest BCUT2D eigenvalue weighted by Gasteiger charge is -2.18. The smallest absolute Gasteiger partial charge is 0.258 e. The third-order valence-electron chi connectivity index (χ3n) is 4.75. The van der Waals surface area contributed by atoms with Gasteiger partial charge in [0.05, 0.1) is 17.2 Å². The van der Waals surface area contributed by atoms with Gasteiger partial charge >= 0.3 is 0 Å². The minimum Gasteiger partial charge on any atom is -0.315 e. The molecule has 0 unspecified atom stereocenters. The molecular formula is C19H16IN3O2. The van der Waals surface area contributed by atoms with Crippen molar-refractivity contribution in [3.05, 3.63) is 73.8 Å². The van der Waals surface area contributed by atoms with Crippen molar-refractivity contribution in [1.82, 2.24) is 15.3 Å². The van der Waals surface area contributed by atoms with E-state index in [1.165, 1.54) is 6.33 Å². The fourth-order valence-electron chi connectivity index (χ4n) is 3.48. The third-order valence-corrected chi connectivity index (χ3v) is 5.42. The number of nitrogens with one attached hydrogen (secondary N) is 2. The van der Waals surface area contributed by atoms with Crippen LogP contribution >= 0.6 is 22.6 Å². The molecule has 1 aliphatic heterocycles. The molecule has 5 nitrogen and oxygen atoms in total. The largest absolute Gasteiger partial charge is 0.315 e. The summed E-state index contributed by atoms with van der Waals surface area (Å²) in [5, 5.41) is 3.90. The van der Waals surface area contributed by atoms with E-state index in [1.807, 2.05) is 36.4 Å². The molecule has 0 aliphatic carbocycles. The third kappa shape index (κ3) is 3.11. The van der Waals surface area contributed by atoms with Gasteiger partial charge in [-0.05, 0) is 52.4 Å². The number of aromatic nitrogens is 2. The first-order chi connectivity index (χ1) is 12.1. The number of ketones is 1. The molecule has 1 aromatic heterocycles. The monoisotopic (exact) mass is 445 g/mol. The maximum Gasteiger partial charge on any atom is 0.258 e. The lowest BCUT2D eigenvalue weighted by molar-refractivity contribution is 0.0920. The molecular weight excluding hydrogens is 429 g/mol. The average Bonchev–Trinajstić information content (AvgIpc) is 3.11. The number of aromatic amines is 1. The number of carbonyl (C=O) groups excluding carboxylic acids is 1. The highest BCUT2D eigenvalue weighted by molar-refractivity contribution is 14.1. The van der Waals surface area contributed by atoms with Gasteiger partial charge in [-0.3, -0.25) is 9.59 Å². The van der Waals surface area contributed by atoms with E-state index in [4.69, 9.17) is 0 Å². The van der Waals surface area contributed by atoms with Crippen LogP contribution in [0.2, 0.25) is 0 Å². The number of nitrogens with zero attached hydrogens (tertiary/aromatic N) is 1. The Morgan fingerprint density at radius 1 is 1.16 bits per heavy atom. The Hall–Kier alpha value is -2.06.